The monoisotopic (exact) mass is 296 g/mol. The minimum absolute atomic E-state index is 0.000848. The third-order valence-corrected chi connectivity index (χ3v) is 4.37. The van der Waals surface area contributed by atoms with Crippen molar-refractivity contribution in [2.75, 3.05) is 19.8 Å². The van der Waals surface area contributed by atoms with Crippen LogP contribution in [-0.4, -0.2) is 48.6 Å². The van der Waals surface area contributed by atoms with Crippen LogP contribution in [0, 0.1) is 17.8 Å². The molecule has 3 atom stereocenters. The Balaban J connectivity index is 2.16. The highest BCUT2D eigenvalue weighted by Gasteiger charge is 2.42. The number of amides is 2. The maximum atomic E-state index is 12.8. The summed E-state index contributed by atoms with van der Waals surface area (Å²) < 4.78 is 5.41. The molecule has 0 aromatic rings. The molecule has 2 rings (SSSR count). The molecule has 0 bridgehead atoms. The van der Waals surface area contributed by atoms with Gasteiger partial charge >= 0.3 is 0 Å². The SMILES string of the molecule is CC(C)CC1C(=O)NC(C(C)C)C(=O)N1CC1CCOC1. The molecule has 2 aliphatic rings. The fourth-order valence-corrected chi connectivity index (χ4v) is 3.14. The maximum Gasteiger partial charge on any atom is 0.246 e. The van der Waals surface area contributed by atoms with Crippen LogP contribution in [0.1, 0.15) is 40.5 Å². The first-order valence-corrected chi connectivity index (χ1v) is 8.08. The Morgan fingerprint density at radius 1 is 1.29 bits per heavy atom. The normalized spacial score (nSPS) is 30.4. The number of rotatable bonds is 5. The number of hydrogen-bond acceptors (Lipinski definition) is 3. The van der Waals surface area contributed by atoms with E-state index in [1.807, 2.05) is 18.7 Å². The van der Waals surface area contributed by atoms with Crippen molar-refractivity contribution in [3.8, 4) is 0 Å². The summed E-state index contributed by atoms with van der Waals surface area (Å²) in [7, 11) is 0. The Hall–Kier alpha value is -1.10. The van der Waals surface area contributed by atoms with Gasteiger partial charge in [0.1, 0.15) is 12.1 Å². The molecule has 5 nitrogen and oxygen atoms in total. The molecule has 2 saturated heterocycles. The lowest BCUT2D eigenvalue weighted by atomic mass is 9.92. The molecule has 0 saturated carbocycles. The summed E-state index contributed by atoms with van der Waals surface area (Å²) in [6.07, 6.45) is 1.70. The van der Waals surface area contributed by atoms with Crippen molar-refractivity contribution < 1.29 is 14.3 Å². The van der Waals surface area contributed by atoms with Crippen LogP contribution in [0.25, 0.3) is 0 Å². The van der Waals surface area contributed by atoms with E-state index in [1.165, 1.54) is 0 Å². The van der Waals surface area contributed by atoms with E-state index in [2.05, 4.69) is 19.2 Å². The number of carbonyl (C=O) groups excluding carboxylic acids is 2. The Bertz CT molecular complexity index is 389. The van der Waals surface area contributed by atoms with Crippen molar-refractivity contribution in [2.24, 2.45) is 17.8 Å². The van der Waals surface area contributed by atoms with Gasteiger partial charge in [0, 0.05) is 19.1 Å². The third-order valence-electron chi connectivity index (χ3n) is 4.37. The first kappa shape index (κ1) is 16.3. The zero-order chi connectivity index (χ0) is 15.6. The van der Waals surface area contributed by atoms with Gasteiger partial charge in [0.25, 0.3) is 0 Å². The number of carbonyl (C=O) groups is 2. The maximum absolute atomic E-state index is 12.8. The number of nitrogens with zero attached hydrogens (tertiary/aromatic N) is 1. The summed E-state index contributed by atoms with van der Waals surface area (Å²) in [6, 6.07) is -0.712. The van der Waals surface area contributed by atoms with Gasteiger partial charge in [-0.05, 0) is 24.7 Å². The topological polar surface area (TPSA) is 58.6 Å². The van der Waals surface area contributed by atoms with Crippen LogP contribution in [0.4, 0.5) is 0 Å². The second kappa shape index (κ2) is 6.77. The fourth-order valence-electron chi connectivity index (χ4n) is 3.14. The second-order valence-electron chi connectivity index (χ2n) is 7.10. The molecule has 21 heavy (non-hydrogen) atoms. The van der Waals surface area contributed by atoms with Gasteiger partial charge in [-0.1, -0.05) is 27.7 Å². The van der Waals surface area contributed by atoms with Gasteiger partial charge in [-0.3, -0.25) is 9.59 Å². The Labute approximate surface area is 127 Å². The second-order valence-corrected chi connectivity index (χ2v) is 7.10. The van der Waals surface area contributed by atoms with Crippen LogP contribution in [-0.2, 0) is 14.3 Å². The fraction of sp³-hybridized carbons (Fsp3) is 0.875. The highest BCUT2D eigenvalue weighted by Crippen LogP contribution is 2.24. The molecule has 2 fully saturated rings. The number of hydrogen-bond donors (Lipinski definition) is 1. The first-order valence-electron chi connectivity index (χ1n) is 8.08. The van der Waals surface area contributed by atoms with Crippen molar-refractivity contribution in [3.63, 3.8) is 0 Å². The highest BCUT2D eigenvalue weighted by molar-refractivity contribution is 5.97. The molecular formula is C16H28N2O3. The number of nitrogens with one attached hydrogen (secondary N) is 1. The largest absolute Gasteiger partial charge is 0.381 e. The molecule has 0 radical (unpaired) electrons. The Morgan fingerprint density at radius 3 is 2.52 bits per heavy atom. The molecule has 0 aliphatic carbocycles. The van der Waals surface area contributed by atoms with Crippen molar-refractivity contribution in [2.45, 2.75) is 52.6 Å². The van der Waals surface area contributed by atoms with Crippen molar-refractivity contribution in [3.05, 3.63) is 0 Å². The highest BCUT2D eigenvalue weighted by atomic mass is 16.5. The molecule has 5 heteroatoms. The van der Waals surface area contributed by atoms with Crippen LogP contribution < -0.4 is 5.32 Å². The van der Waals surface area contributed by atoms with E-state index < -0.39 is 0 Å². The summed E-state index contributed by atoms with van der Waals surface area (Å²) >= 11 is 0. The summed E-state index contributed by atoms with van der Waals surface area (Å²) in [5, 5.41) is 2.91. The van der Waals surface area contributed by atoms with Gasteiger partial charge in [-0.15, -0.1) is 0 Å². The molecule has 2 aliphatic heterocycles. The summed E-state index contributed by atoms with van der Waals surface area (Å²) in [5.41, 5.74) is 0. The van der Waals surface area contributed by atoms with Gasteiger partial charge in [0.05, 0.1) is 6.61 Å². The van der Waals surface area contributed by atoms with E-state index in [9.17, 15) is 9.59 Å². The van der Waals surface area contributed by atoms with Gasteiger partial charge in [0.15, 0.2) is 0 Å². The van der Waals surface area contributed by atoms with Crippen molar-refractivity contribution in [1.29, 1.82) is 0 Å². The van der Waals surface area contributed by atoms with Crippen LogP contribution in [0.2, 0.25) is 0 Å². The van der Waals surface area contributed by atoms with E-state index in [-0.39, 0.29) is 29.8 Å². The van der Waals surface area contributed by atoms with Gasteiger partial charge in [-0.2, -0.15) is 0 Å². The smallest absolute Gasteiger partial charge is 0.246 e. The number of ether oxygens (including phenoxy) is 1. The van der Waals surface area contributed by atoms with Crippen molar-refractivity contribution >= 4 is 11.8 Å². The lowest BCUT2D eigenvalue weighted by molar-refractivity contribution is -0.152. The molecular weight excluding hydrogens is 268 g/mol. The lowest BCUT2D eigenvalue weighted by Gasteiger charge is -2.41. The third kappa shape index (κ3) is 3.76. The Morgan fingerprint density at radius 2 is 2.00 bits per heavy atom. The van der Waals surface area contributed by atoms with E-state index in [4.69, 9.17) is 4.74 Å². The number of piperazine rings is 1. The first-order chi connectivity index (χ1) is 9.90. The summed E-state index contributed by atoms with van der Waals surface area (Å²) in [5.74, 6) is 0.931. The predicted molar refractivity (Wildman–Crippen MR) is 80.7 cm³/mol. The molecule has 3 unspecified atom stereocenters. The molecule has 0 aromatic heterocycles. The minimum atomic E-state index is -0.386. The molecule has 1 N–H and O–H groups in total. The quantitative estimate of drug-likeness (QED) is 0.835. The van der Waals surface area contributed by atoms with E-state index >= 15 is 0 Å². The average molecular weight is 296 g/mol. The zero-order valence-corrected chi connectivity index (χ0v) is 13.6. The molecule has 2 amide bonds. The van der Waals surface area contributed by atoms with Gasteiger partial charge in [0.2, 0.25) is 11.8 Å². The van der Waals surface area contributed by atoms with E-state index in [1.54, 1.807) is 0 Å². The zero-order valence-electron chi connectivity index (χ0n) is 13.6. The van der Waals surface area contributed by atoms with Crippen LogP contribution in [0.5, 0.6) is 0 Å². The average Bonchev–Trinajstić information content (AvgIpc) is 2.89. The van der Waals surface area contributed by atoms with Crippen LogP contribution in [0.3, 0.4) is 0 Å². The predicted octanol–water partition coefficient (Wildman–Crippen LogP) is 1.42. The standard InChI is InChI=1S/C16H28N2O3/c1-10(2)7-13-15(19)17-14(11(3)4)16(20)18(13)8-12-5-6-21-9-12/h10-14H,5-9H2,1-4H3,(H,17,19). The van der Waals surface area contributed by atoms with Gasteiger partial charge in [-0.25, -0.2) is 0 Å². The molecule has 0 aromatic carbocycles. The van der Waals surface area contributed by atoms with Crippen molar-refractivity contribution in [1.82, 2.24) is 10.2 Å². The minimum Gasteiger partial charge on any atom is -0.381 e. The van der Waals surface area contributed by atoms with Gasteiger partial charge < -0.3 is 15.0 Å². The Kier molecular flexibility index (Phi) is 5.25. The lowest BCUT2D eigenvalue weighted by Crippen LogP contribution is -2.65. The van der Waals surface area contributed by atoms with Crippen LogP contribution >= 0.6 is 0 Å². The molecule has 0 spiro atoms. The molecule has 2 heterocycles. The summed E-state index contributed by atoms with van der Waals surface area (Å²) in [4.78, 5) is 27.0. The van der Waals surface area contributed by atoms with E-state index in [0.717, 1.165) is 19.4 Å². The molecule has 120 valence electrons. The van der Waals surface area contributed by atoms with E-state index in [0.29, 0.717) is 25.0 Å². The van der Waals surface area contributed by atoms with Crippen LogP contribution in [0.15, 0.2) is 0 Å². The summed E-state index contributed by atoms with van der Waals surface area (Å²) in [6.45, 7) is 10.2.